The van der Waals surface area contributed by atoms with Crippen LogP contribution in [0.4, 0.5) is 0 Å². The highest BCUT2D eigenvalue weighted by Gasteiger charge is 2.29. The Labute approximate surface area is 144 Å². The normalized spacial score (nSPS) is 15.5. The number of aromatic nitrogens is 2. The van der Waals surface area contributed by atoms with Crippen molar-refractivity contribution >= 4 is 23.5 Å². The van der Waals surface area contributed by atoms with Crippen molar-refractivity contribution in [2.45, 2.75) is 12.8 Å². The van der Waals surface area contributed by atoms with Gasteiger partial charge in [-0.05, 0) is 18.9 Å². The van der Waals surface area contributed by atoms with E-state index in [4.69, 9.17) is 16.7 Å². The molecule has 1 amide bonds. The zero-order valence-corrected chi connectivity index (χ0v) is 14.0. The fraction of sp³-hybridized carbons (Fsp3) is 0.353. The number of likely N-dealkylation sites (tertiary alicyclic amines) is 1. The first-order chi connectivity index (χ1) is 11.5. The molecule has 0 atom stereocenters. The smallest absolute Gasteiger partial charge is 0.306 e. The van der Waals surface area contributed by atoms with Crippen LogP contribution in [0.2, 0.25) is 5.02 Å². The maximum absolute atomic E-state index is 12.9. The molecule has 0 aliphatic carbocycles. The molecule has 0 saturated carbocycles. The molecule has 1 aromatic carbocycles. The van der Waals surface area contributed by atoms with E-state index < -0.39 is 5.97 Å². The van der Waals surface area contributed by atoms with Crippen LogP contribution < -0.4 is 0 Å². The summed E-state index contributed by atoms with van der Waals surface area (Å²) in [6, 6.07) is 7.27. The van der Waals surface area contributed by atoms with Gasteiger partial charge in [0, 0.05) is 31.9 Å². The number of hydrogen-bond donors (Lipinski definition) is 1. The number of aryl methyl sites for hydroxylation is 1. The molecule has 1 fully saturated rings. The van der Waals surface area contributed by atoms with Crippen LogP contribution in [0, 0.1) is 5.92 Å². The summed E-state index contributed by atoms with van der Waals surface area (Å²) in [5.41, 5.74) is 1.75. The van der Waals surface area contributed by atoms with Gasteiger partial charge in [0.2, 0.25) is 0 Å². The summed E-state index contributed by atoms with van der Waals surface area (Å²) >= 11 is 6.24. The summed E-state index contributed by atoms with van der Waals surface area (Å²) in [4.78, 5) is 25.6. The van der Waals surface area contributed by atoms with Crippen LogP contribution in [-0.2, 0) is 11.8 Å². The van der Waals surface area contributed by atoms with Crippen LogP contribution in [0.1, 0.15) is 23.2 Å². The van der Waals surface area contributed by atoms with Gasteiger partial charge in [0.05, 0.1) is 16.5 Å². The van der Waals surface area contributed by atoms with Crippen molar-refractivity contribution in [1.29, 1.82) is 0 Å². The van der Waals surface area contributed by atoms with Crippen molar-refractivity contribution in [2.75, 3.05) is 13.1 Å². The maximum atomic E-state index is 12.9. The van der Waals surface area contributed by atoms with Crippen molar-refractivity contribution < 1.29 is 14.7 Å². The van der Waals surface area contributed by atoms with Gasteiger partial charge in [0.25, 0.3) is 5.91 Å². The average molecular weight is 348 g/mol. The lowest BCUT2D eigenvalue weighted by molar-refractivity contribution is -0.143. The van der Waals surface area contributed by atoms with E-state index in [1.54, 1.807) is 28.9 Å². The number of carboxylic acid groups (broad SMARTS) is 1. The Kier molecular flexibility index (Phi) is 4.57. The second-order valence-electron chi connectivity index (χ2n) is 5.95. The Hall–Kier alpha value is -2.34. The topological polar surface area (TPSA) is 75.4 Å². The Morgan fingerprint density at radius 3 is 2.54 bits per heavy atom. The molecular formula is C17H18ClN3O3. The van der Waals surface area contributed by atoms with Crippen LogP contribution in [0.5, 0.6) is 0 Å². The Morgan fingerprint density at radius 2 is 1.92 bits per heavy atom. The summed E-state index contributed by atoms with van der Waals surface area (Å²) in [5.74, 6) is -1.30. The number of benzene rings is 1. The number of aliphatic carboxylic acids is 1. The van der Waals surface area contributed by atoms with Gasteiger partial charge >= 0.3 is 5.97 Å². The highest BCUT2D eigenvalue weighted by Crippen LogP contribution is 2.30. The van der Waals surface area contributed by atoms with E-state index >= 15 is 0 Å². The summed E-state index contributed by atoms with van der Waals surface area (Å²) in [6.07, 6.45) is 2.63. The zero-order chi connectivity index (χ0) is 17.3. The van der Waals surface area contributed by atoms with Crippen molar-refractivity contribution in [2.24, 2.45) is 13.0 Å². The SMILES string of the molecule is Cn1cc(C(=O)N2CCC(C(=O)O)CC2)c(-c2ccccc2Cl)n1. The van der Waals surface area contributed by atoms with Crippen molar-refractivity contribution in [1.82, 2.24) is 14.7 Å². The van der Waals surface area contributed by atoms with E-state index in [0.29, 0.717) is 47.8 Å². The number of piperidine rings is 1. The zero-order valence-electron chi connectivity index (χ0n) is 13.3. The summed E-state index contributed by atoms with van der Waals surface area (Å²) in [7, 11) is 1.76. The van der Waals surface area contributed by atoms with Gasteiger partial charge < -0.3 is 10.0 Å². The first-order valence-corrected chi connectivity index (χ1v) is 8.16. The quantitative estimate of drug-likeness (QED) is 0.926. The lowest BCUT2D eigenvalue weighted by atomic mass is 9.96. The second-order valence-corrected chi connectivity index (χ2v) is 6.36. The van der Waals surface area contributed by atoms with Gasteiger partial charge in [0.1, 0.15) is 5.69 Å². The highest BCUT2D eigenvalue weighted by atomic mass is 35.5. The number of hydrogen-bond acceptors (Lipinski definition) is 3. The lowest BCUT2D eigenvalue weighted by Crippen LogP contribution is -2.40. The third kappa shape index (κ3) is 3.14. The molecule has 7 heteroatoms. The number of nitrogens with zero attached hydrogens (tertiary/aromatic N) is 3. The molecule has 6 nitrogen and oxygen atoms in total. The molecule has 0 bridgehead atoms. The molecule has 1 saturated heterocycles. The van der Waals surface area contributed by atoms with Gasteiger partial charge in [-0.25, -0.2) is 0 Å². The van der Waals surface area contributed by atoms with Crippen LogP contribution in [-0.4, -0.2) is 44.8 Å². The number of halogens is 1. The first kappa shape index (κ1) is 16.5. The lowest BCUT2D eigenvalue weighted by Gasteiger charge is -2.30. The van der Waals surface area contributed by atoms with Crippen molar-refractivity contribution in [3.05, 3.63) is 41.0 Å². The maximum Gasteiger partial charge on any atom is 0.306 e. The summed E-state index contributed by atoms with van der Waals surface area (Å²) in [5, 5.41) is 14.0. The molecule has 1 aliphatic heterocycles. The molecule has 126 valence electrons. The molecule has 1 aromatic heterocycles. The number of carboxylic acids is 1. The average Bonchev–Trinajstić information content (AvgIpc) is 2.96. The van der Waals surface area contributed by atoms with E-state index in [1.807, 2.05) is 18.2 Å². The summed E-state index contributed by atoms with van der Waals surface area (Å²) < 4.78 is 1.59. The van der Waals surface area contributed by atoms with Gasteiger partial charge in [-0.1, -0.05) is 29.8 Å². The van der Waals surface area contributed by atoms with Gasteiger partial charge in [0.15, 0.2) is 0 Å². The fourth-order valence-corrected chi connectivity index (χ4v) is 3.22. The van der Waals surface area contributed by atoms with Crippen molar-refractivity contribution in [3.63, 3.8) is 0 Å². The molecule has 24 heavy (non-hydrogen) atoms. The summed E-state index contributed by atoms with van der Waals surface area (Å²) in [6.45, 7) is 0.874. The number of carbonyl (C=O) groups is 2. The molecule has 0 unspecified atom stereocenters. The van der Waals surface area contributed by atoms with E-state index in [2.05, 4.69) is 5.10 Å². The van der Waals surface area contributed by atoms with Gasteiger partial charge in [-0.15, -0.1) is 0 Å². The fourth-order valence-electron chi connectivity index (χ4n) is 3.00. The largest absolute Gasteiger partial charge is 0.481 e. The van der Waals surface area contributed by atoms with Crippen molar-refractivity contribution in [3.8, 4) is 11.3 Å². The monoisotopic (exact) mass is 347 g/mol. The highest BCUT2D eigenvalue weighted by molar-refractivity contribution is 6.33. The standard InChI is InChI=1S/C17H18ClN3O3/c1-20-10-13(15(19-20)12-4-2-3-5-14(12)18)16(22)21-8-6-11(7-9-21)17(23)24/h2-5,10-11H,6-9H2,1H3,(H,23,24). The van der Waals surface area contributed by atoms with E-state index in [0.717, 1.165) is 0 Å². The van der Waals surface area contributed by atoms with E-state index in [-0.39, 0.29) is 11.8 Å². The molecule has 1 N–H and O–H groups in total. The van der Waals surface area contributed by atoms with Gasteiger partial charge in [-0.2, -0.15) is 5.10 Å². The molecule has 0 spiro atoms. The minimum atomic E-state index is -0.791. The number of rotatable bonds is 3. The minimum Gasteiger partial charge on any atom is -0.481 e. The molecule has 1 aliphatic rings. The Morgan fingerprint density at radius 1 is 1.25 bits per heavy atom. The molecule has 0 radical (unpaired) electrons. The Bertz CT molecular complexity index is 779. The van der Waals surface area contributed by atoms with Gasteiger partial charge in [-0.3, -0.25) is 14.3 Å². The molecule has 2 heterocycles. The number of carbonyl (C=O) groups excluding carboxylic acids is 1. The Balaban J connectivity index is 1.87. The molecule has 2 aromatic rings. The minimum absolute atomic E-state index is 0.137. The first-order valence-electron chi connectivity index (χ1n) is 7.78. The molecular weight excluding hydrogens is 330 g/mol. The van der Waals surface area contributed by atoms with Crippen LogP contribution in [0.15, 0.2) is 30.5 Å². The molecule has 3 rings (SSSR count). The third-order valence-electron chi connectivity index (χ3n) is 4.32. The van der Waals surface area contributed by atoms with Crippen LogP contribution in [0.3, 0.4) is 0 Å². The third-order valence-corrected chi connectivity index (χ3v) is 4.65. The van der Waals surface area contributed by atoms with E-state index in [1.165, 1.54) is 0 Å². The van der Waals surface area contributed by atoms with Crippen LogP contribution >= 0.6 is 11.6 Å². The predicted molar refractivity (Wildman–Crippen MR) is 89.9 cm³/mol. The predicted octanol–water partition coefficient (Wildman–Crippen LogP) is 2.68. The number of amides is 1. The van der Waals surface area contributed by atoms with Crippen LogP contribution in [0.25, 0.3) is 11.3 Å². The second kappa shape index (κ2) is 6.65. The van der Waals surface area contributed by atoms with E-state index in [9.17, 15) is 9.59 Å².